The second-order valence-corrected chi connectivity index (χ2v) is 8.98. The van der Waals surface area contributed by atoms with Gasteiger partial charge in [-0.3, -0.25) is 19.5 Å². The average molecular weight is 525 g/mol. The first-order valence-corrected chi connectivity index (χ1v) is 12.0. The van der Waals surface area contributed by atoms with Crippen LogP contribution in [0.4, 0.5) is 5.69 Å². The molecule has 2 aliphatic rings. The molecule has 1 N–H and O–H groups in total. The topological polar surface area (TPSA) is 106 Å². The summed E-state index contributed by atoms with van der Waals surface area (Å²) in [6.07, 6.45) is 0. The number of anilines is 1. The molecule has 2 amide bonds. The van der Waals surface area contributed by atoms with Gasteiger partial charge >= 0.3 is 0 Å². The molecule has 37 heavy (non-hydrogen) atoms. The zero-order valence-electron chi connectivity index (χ0n) is 20.5. The van der Waals surface area contributed by atoms with Gasteiger partial charge in [-0.2, -0.15) is 0 Å². The third-order valence-electron chi connectivity index (χ3n) is 6.40. The highest BCUT2D eigenvalue weighted by Crippen LogP contribution is 2.38. The second kappa shape index (κ2) is 9.79. The number of morpholine rings is 1. The number of imide groups is 1. The monoisotopic (exact) mass is 524 g/mol. The van der Waals surface area contributed by atoms with E-state index in [-0.39, 0.29) is 16.8 Å². The summed E-state index contributed by atoms with van der Waals surface area (Å²) in [5.41, 5.74) is 1.13. The SMILES string of the molecule is COc1ccc(N2C(=O)C(c3c(C)[nH]n(-c4cccc(Cl)c4)c3=O)=C(N3CCOCC3)C2=O)cc1OC. The predicted molar refractivity (Wildman–Crippen MR) is 137 cm³/mol. The minimum Gasteiger partial charge on any atom is -0.493 e. The number of ether oxygens (including phenoxy) is 3. The van der Waals surface area contributed by atoms with Crippen molar-refractivity contribution in [2.24, 2.45) is 0 Å². The smallest absolute Gasteiger partial charge is 0.282 e. The Balaban J connectivity index is 1.68. The van der Waals surface area contributed by atoms with E-state index in [2.05, 4.69) is 5.10 Å². The van der Waals surface area contributed by atoms with Crippen LogP contribution in [0.2, 0.25) is 5.02 Å². The molecule has 0 aliphatic carbocycles. The number of carbonyl (C=O) groups excluding carboxylic acids is 2. The van der Waals surface area contributed by atoms with E-state index in [4.69, 9.17) is 25.8 Å². The van der Waals surface area contributed by atoms with E-state index in [1.807, 2.05) is 0 Å². The molecule has 192 valence electrons. The number of methoxy groups -OCH3 is 2. The first-order valence-electron chi connectivity index (χ1n) is 11.6. The fourth-order valence-corrected chi connectivity index (χ4v) is 4.84. The summed E-state index contributed by atoms with van der Waals surface area (Å²) < 4.78 is 17.5. The van der Waals surface area contributed by atoms with Gasteiger partial charge in [0.25, 0.3) is 17.4 Å². The summed E-state index contributed by atoms with van der Waals surface area (Å²) in [5, 5.41) is 3.49. The van der Waals surface area contributed by atoms with E-state index in [1.54, 1.807) is 54.3 Å². The first-order chi connectivity index (χ1) is 17.8. The largest absolute Gasteiger partial charge is 0.493 e. The fraction of sp³-hybridized carbons (Fsp3) is 0.269. The molecule has 0 spiro atoms. The number of H-pyrrole nitrogens is 1. The Morgan fingerprint density at radius 2 is 1.65 bits per heavy atom. The van der Waals surface area contributed by atoms with Crippen molar-refractivity contribution in [2.75, 3.05) is 45.4 Å². The van der Waals surface area contributed by atoms with Gasteiger partial charge in [0.2, 0.25) is 0 Å². The lowest BCUT2D eigenvalue weighted by molar-refractivity contribution is -0.121. The molecule has 10 nitrogen and oxygen atoms in total. The van der Waals surface area contributed by atoms with Crippen molar-refractivity contribution in [1.29, 1.82) is 0 Å². The molecule has 3 aromatic rings. The van der Waals surface area contributed by atoms with Gasteiger partial charge in [-0.1, -0.05) is 17.7 Å². The van der Waals surface area contributed by atoms with Crippen molar-refractivity contribution in [3.63, 3.8) is 0 Å². The molecule has 1 saturated heterocycles. The minimum absolute atomic E-state index is 0.0428. The van der Waals surface area contributed by atoms with E-state index in [0.717, 1.165) is 4.90 Å². The molecule has 1 aromatic heterocycles. The number of rotatable bonds is 6. The van der Waals surface area contributed by atoms with E-state index >= 15 is 0 Å². The maximum absolute atomic E-state index is 14.0. The fourth-order valence-electron chi connectivity index (χ4n) is 4.66. The van der Waals surface area contributed by atoms with E-state index in [9.17, 15) is 14.4 Å². The number of nitrogens with one attached hydrogen (secondary N) is 1. The van der Waals surface area contributed by atoms with Crippen LogP contribution in [0.25, 0.3) is 11.3 Å². The lowest BCUT2D eigenvalue weighted by Gasteiger charge is -2.29. The number of benzene rings is 2. The van der Waals surface area contributed by atoms with E-state index in [0.29, 0.717) is 59.9 Å². The number of amides is 2. The molecular weight excluding hydrogens is 500 g/mol. The molecule has 1 fully saturated rings. The maximum atomic E-state index is 14.0. The lowest BCUT2D eigenvalue weighted by atomic mass is 10.0. The molecule has 11 heteroatoms. The number of hydrogen-bond donors (Lipinski definition) is 1. The van der Waals surface area contributed by atoms with Crippen LogP contribution in [0.1, 0.15) is 11.3 Å². The summed E-state index contributed by atoms with van der Waals surface area (Å²) in [7, 11) is 2.97. The molecule has 5 rings (SSSR count). The van der Waals surface area contributed by atoms with Gasteiger partial charge in [0.15, 0.2) is 11.5 Å². The summed E-state index contributed by atoms with van der Waals surface area (Å²) in [6.45, 7) is 3.30. The van der Waals surface area contributed by atoms with Crippen molar-refractivity contribution in [2.45, 2.75) is 6.92 Å². The molecule has 2 aliphatic heterocycles. The van der Waals surface area contributed by atoms with Crippen LogP contribution in [-0.2, 0) is 14.3 Å². The first kappa shape index (κ1) is 24.7. The van der Waals surface area contributed by atoms with Crippen LogP contribution < -0.4 is 19.9 Å². The highest BCUT2D eigenvalue weighted by Gasteiger charge is 2.45. The highest BCUT2D eigenvalue weighted by atomic mass is 35.5. The number of hydrogen-bond acceptors (Lipinski definition) is 7. The number of aromatic nitrogens is 2. The number of aromatic amines is 1. The van der Waals surface area contributed by atoms with Gasteiger partial charge in [-0.05, 0) is 37.3 Å². The Kier molecular flexibility index (Phi) is 6.53. The molecule has 3 heterocycles. The summed E-state index contributed by atoms with van der Waals surface area (Å²) >= 11 is 6.14. The molecular formula is C26H25ClN4O6. The molecule has 0 bridgehead atoms. The Bertz CT molecular complexity index is 1480. The van der Waals surface area contributed by atoms with E-state index < -0.39 is 17.4 Å². The molecule has 0 unspecified atom stereocenters. The van der Waals surface area contributed by atoms with Crippen molar-refractivity contribution < 1.29 is 23.8 Å². The summed E-state index contributed by atoms with van der Waals surface area (Å²) in [4.78, 5) is 44.4. The Hall–Kier alpha value is -4.02. The number of halogens is 1. The summed E-state index contributed by atoms with van der Waals surface area (Å²) in [5.74, 6) is -0.305. The quantitative estimate of drug-likeness (QED) is 0.494. The zero-order chi connectivity index (χ0) is 26.3. The molecule has 2 aromatic carbocycles. The van der Waals surface area contributed by atoms with Crippen LogP contribution >= 0.6 is 11.6 Å². The van der Waals surface area contributed by atoms with Crippen LogP contribution in [0.3, 0.4) is 0 Å². The second-order valence-electron chi connectivity index (χ2n) is 8.54. The van der Waals surface area contributed by atoms with Crippen molar-refractivity contribution in [3.05, 3.63) is 74.8 Å². The van der Waals surface area contributed by atoms with Crippen molar-refractivity contribution in [1.82, 2.24) is 14.7 Å². The van der Waals surface area contributed by atoms with Gasteiger partial charge in [0, 0.05) is 29.9 Å². The zero-order valence-corrected chi connectivity index (χ0v) is 21.3. The Labute approximate surface area is 217 Å². The third kappa shape index (κ3) is 4.17. The molecule has 0 saturated carbocycles. The third-order valence-corrected chi connectivity index (χ3v) is 6.64. The molecule has 0 radical (unpaired) electrons. The van der Waals surface area contributed by atoms with Crippen molar-refractivity contribution in [3.8, 4) is 17.2 Å². The highest BCUT2D eigenvalue weighted by molar-refractivity contribution is 6.45. The summed E-state index contributed by atoms with van der Waals surface area (Å²) in [6, 6.07) is 11.6. The Morgan fingerprint density at radius 1 is 0.919 bits per heavy atom. The standard InChI is InChI=1S/C26H25ClN4O6/c1-15-21(25(33)31(28-15)18-6-4-5-16(27)13-18)22-23(29-9-11-37-12-10-29)26(34)30(24(22)32)17-7-8-19(35-2)20(14-17)36-3/h4-8,13-14,28H,9-12H2,1-3H3. The van der Waals surface area contributed by atoms with Gasteiger partial charge < -0.3 is 19.1 Å². The molecule has 0 atom stereocenters. The van der Waals surface area contributed by atoms with Crippen LogP contribution in [0.15, 0.2) is 53.0 Å². The number of aryl methyl sites for hydroxylation is 1. The predicted octanol–water partition coefficient (Wildman–Crippen LogP) is 2.76. The van der Waals surface area contributed by atoms with Gasteiger partial charge in [0.05, 0.1) is 49.9 Å². The van der Waals surface area contributed by atoms with Crippen LogP contribution in [-0.4, -0.2) is 67.0 Å². The van der Waals surface area contributed by atoms with Crippen LogP contribution in [0, 0.1) is 6.92 Å². The minimum atomic E-state index is -0.601. The normalized spacial score (nSPS) is 16.1. The van der Waals surface area contributed by atoms with Gasteiger partial charge in [-0.15, -0.1) is 0 Å². The van der Waals surface area contributed by atoms with Gasteiger partial charge in [-0.25, -0.2) is 9.58 Å². The number of nitrogens with zero attached hydrogens (tertiary/aromatic N) is 3. The van der Waals surface area contributed by atoms with Crippen LogP contribution in [0.5, 0.6) is 11.5 Å². The lowest BCUT2D eigenvalue weighted by Crippen LogP contribution is -2.40. The Morgan fingerprint density at radius 3 is 2.32 bits per heavy atom. The van der Waals surface area contributed by atoms with Gasteiger partial charge in [0.1, 0.15) is 5.70 Å². The average Bonchev–Trinajstić information content (AvgIpc) is 3.34. The van der Waals surface area contributed by atoms with E-state index in [1.165, 1.54) is 18.9 Å². The van der Waals surface area contributed by atoms with Crippen molar-refractivity contribution >= 4 is 34.7 Å². The number of carbonyl (C=O) groups is 2. The maximum Gasteiger partial charge on any atom is 0.282 e.